The molecule has 0 atom stereocenters. The summed E-state index contributed by atoms with van der Waals surface area (Å²) < 4.78 is 1.80. The topological polar surface area (TPSA) is 121 Å². The lowest BCUT2D eigenvalue weighted by molar-refractivity contribution is -0.122. The third kappa shape index (κ3) is 4.21. The predicted molar refractivity (Wildman–Crippen MR) is 147 cm³/mol. The van der Waals surface area contributed by atoms with E-state index in [1.54, 1.807) is 29.0 Å². The van der Waals surface area contributed by atoms with Gasteiger partial charge in [0.05, 0.1) is 34.2 Å². The first kappa shape index (κ1) is 24.5. The van der Waals surface area contributed by atoms with E-state index in [2.05, 4.69) is 40.7 Å². The SMILES string of the molecule is CC(=O)NC12CCC(c3nnc(-c4cnc(-c5ccc6cc(C#N)cnn56)cc4NC(C)C)s3)(CC1)CC2. The number of fused-ring (bicyclic) bond motifs is 4. The Labute approximate surface area is 225 Å². The number of aromatic nitrogens is 5. The number of pyridine rings is 1. The van der Waals surface area contributed by atoms with Gasteiger partial charge < -0.3 is 10.6 Å². The number of rotatable bonds is 6. The molecule has 194 valence electrons. The zero-order valence-corrected chi connectivity index (χ0v) is 22.6. The van der Waals surface area contributed by atoms with E-state index in [1.165, 1.54) is 0 Å². The van der Waals surface area contributed by atoms with E-state index in [9.17, 15) is 10.1 Å². The van der Waals surface area contributed by atoms with Crippen molar-refractivity contribution in [1.82, 2.24) is 30.1 Å². The molecular weight excluding hydrogens is 496 g/mol. The van der Waals surface area contributed by atoms with E-state index >= 15 is 0 Å². The highest BCUT2D eigenvalue weighted by Crippen LogP contribution is 2.54. The van der Waals surface area contributed by atoms with Crippen molar-refractivity contribution >= 4 is 28.4 Å². The molecule has 0 aliphatic heterocycles. The molecule has 7 rings (SSSR count). The maximum absolute atomic E-state index is 11.7. The fourth-order valence-corrected chi connectivity index (χ4v) is 7.21. The van der Waals surface area contributed by atoms with Gasteiger partial charge in [0.25, 0.3) is 0 Å². The molecule has 3 fully saturated rings. The molecule has 9 nitrogen and oxygen atoms in total. The Bertz CT molecular complexity index is 1550. The van der Waals surface area contributed by atoms with Gasteiger partial charge in [-0.1, -0.05) is 11.3 Å². The molecular formula is C28H30N8OS. The fourth-order valence-electron chi connectivity index (χ4n) is 6.06. The van der Waals surface area contributed by atoms with Gasteiger partial charge in [0.2, 0.25) is 5.91 Å². The minimum Gasteiger partial charge on any atom is -0.382 e. The quantitative estimate of drug-likeness (QED) is 0.359. The van der Waals surface area contributed by atoms with Gasteiger partial charge in [-0.25, -0.2) is 4.52 Å². The number of anilines is 1. The third-order valence-electron chi connectivity index (χ3n) is 8.04. The monoisotopic (exact) mass is 526 g/mol. The van der Waals surface area contributed by atoms with E-state index in [4.69, 9.17) is 10.1 Å². The Kier molecular flexibility index (Phi) is 5.91. The van der Waals surface area contributed by atoms with E-state index in [-0.39, 0.29) is 22.9 Å². The Balaban J connectivity index is 1.32. The number of nitrogens with zero attached hydrogens (tertiary/aromatic N) is 6. The van der Waals surface area contributed by atoms with Crippen LogP contribution in [0.15, 0.2) is 36.7 Å². The summed E-state index contributed by atoms with van der Waals surface area (Å²) in [6, 6.07) is 10.1. The van der Waals surface area contributed by atoms with Crippen LogP contribution in [0.5, 0.6) is 0 Å². The molecule has 2 bridgehead atoms. The van der Waals surface area contributed by atoms with Crippen LogP contribution in [0.2, 0.25) is 0 Å². The molecule has 0 spiro atoms. The molecule has 3 aliphatic rings. The number of carbonyl (C=O) groups excluding carboxylic acids is 1. The van der Waals surface area contributed by atoms with Gasteiger partial charge in [-0.05, 0) is 76.6 Å². The molecule has 38 heavy (non-hydrogen) atoms. The van der Waals surface area contributed by atoms with Gasteiger partial charge in [-0.3, -0.25) is 9.78 Å². The average Bonchev–Trinajstić information content (AvgIpc) is 3.56. The van der Waals surface area contributed by atoms with Gasteiger partial charge in [0.1, 0.15) is 11.1 Å². The summed E-state index contributed by atoms with van der Waals surface area (Å²) in [5.41, 5.74) is 4.90. The maximum atomic E-state index is 11.7. The molecule has 0 saturated heterocycles. The number of amides is 1. The normalized spacial score (nSPS) is 22.5. The van der Waals surface area contributed by atoms with Crippen molar-refractivity contribution < 1.29 is 4.79 Å². The lowest BCUT2D eigenvalue weighted by Gasteiger charge is -2.52. The first-order valence-corrected chi connectivity index (χ1v) is 13.9. The van der Waals surface area contributed by atoms with Crippen LogP contribution >= 0.6 is 11.3 Å². The Morgan fingerprint density at radius 1 is 1.11 bits per heavy atom. The highest BCUT2D eigenvalue weighted by atomic mass is 32.1. The first-order valence-electron chi connectivity index (χ1n) is 13.1. The van der Waals surface area contributed by atoms with Crippen molar-refractivity contribution in [3.8, 4) is 28.0 Å². The van der Waals surface area contributed by atoms with Crippen molar-refractivity contribution in [2.75, 3.05) is 5.32 Å². The molecule has 4 heterocycles. The van der Waals surface area contributed by atoms with Crippen molar-refractivity contribution in [3.63, 3.8) is 0 Å². The number of nitrogens with one attached hydrogen (secondary N) is 2. The second-order valence-corrected chi connectivity index (χ2v) is 12.0. The summed E-state index contributed by atoms with van der Waals surface area (Å²) in [7, 11) is 0. The summed E-state index contributed by atoms with van der Waals surface area (Å²) in [5.74, 6) is 0.0644. The van der Waals surface area contributed by atoms with E-state index in [0.717, 1.165) is 76.7 Å². The van der Waals surface area contributed by atoms with Crippen LogP contribution in [0.25, 0.3) is 27.5 Å². The molecule has 2 N–H and O–H groups in total. The van der Waals surface area contributed by atoms with Gasteiger partial charge >= 0.3 is 0 Å². The highest BCUT2D eigenvalue weighted by Gasteiger charge is 2.51. The van der Waals surface area contributed by atoms with Crippen molar-refractivity contribution in [3.05, 3.63) is 47.2 Å². The van der Waals surface area contributed by atoms with Crippen LogP contribution in [0, 0.1) is 11.3 Å². The highest BCUT2D eigenvalue weighted by molar-refractivity contribution is 7.14. The number of nitriles is 1. The molecule has 3 saturated carbocycles. The molecule has 0 aromatic carbocycles. The Hall–Kier alpha value is -3.84. The number of carbonyl (C=O) groups is 1. The van der Waals surface area contributed by atoms with Crippen molar-refractivity contribution in [2.45, 2.75) is 76.3 Å². The van der Waals surface area contributed by atoms with Crippen molar-refractivity contribution in [2.24, 2.45) is 0 Å². The van der Waals surface area contributed by atoms with Crippen LogP contribution in [-0.4, -0.2) is 42.3 Å². The van der Waals surface area contributed by atoms with E-state index < -0.39 is 0 Å². The summed E-state index contributed by atoms with van der Waals surface area (Å²) >= 11 is 1.67. The smallest absolute Gasteiger partial charge is 0.217 e. The third-order valence-corrected chi connectivity index (χ3v) is 9.24. The van der Waals surface area contributed by atoms with Crippen LogP contribution in [0.1, 0.15) is 69.9 Å². The number of hydrogen-bond acceptors (Lipinski definition) is 8. The molecule has 3 aliphatic carbocycles. The standard InChI is InChI=1S/C28H30N8OS/c1-17(2)32-22-13-23(24-5-4-20-12-19(14-29)15-31-36(20)24)30-16-21(22)25-34-35-26(38-25)27-6-9-28(10-7-27,11-8-27)33-18(3)37/h4-5,12-13,15-17H,6-11H2,1-3H3,(H,30,32)(H,33,37). The zero-order chi connectivity index (χ0) is 26.5. The van der Waals surface area contributed by atoms with Gasteiger partial charge in [-0.15, -0.1) is 10.2 Å². The maximum Gasteiger partial charge on any atom is 0.217 e. The van der Waals surface area contributed by atoms with E-state index in [0.29, 0.717) is 5.56 Å². The largest absolute Gasteiger partial charge is 0.382 e. The minimum absolute atomic E-state index is 0.0385. The summed E-state index contributed by atoms with van der Waals surface area (Å²) in [6.45, 7) is 5.83. The van der Waals surface area contributed by atoms with Gasteiger partial charge in [0, 0.05) is 35.8 Å². The van der Waals surface area contributed by atoms with Crippen LogP contribution < -0.4 is 10.6 Å². The van der Waals surface area contributed by atoms with Gasteiger partial charge in [-0.2, -0.15) is 10.4 Å². The fraction of sp³-hybridized carbons (Fsp3) is 0.429. The Morgan fingerprint density at radius 3 is 2.55 bits per heavy atom. The van der Waals surface area contributed by atoms with Crippen LogP contribution in [0.3, 0.4) is 0 Å². The van der Waals surface area contributed by atoms with E-state index in [1.807, 2.05) is 30.5 Å². The number of hydrogen-bond donors (Lipinski definition) is 2. The van der Waals surface area contributed by atoms with Crippen molar-refractivity contribution in [1.29, 1.82) is 5.26 Å². The molecule has 4 aromatic rings. The van der Waals surface area contributed by atoms with Crippen LogP contribution in [0.4, 0.5) is 5.69 Å². The average molecular weight is 527 g/mol. The molecule has 10 heteroatoms. The summed E-state index contributed by atoms with van der Waals surface area (Å²) in [4.78, 5) is 16.5. The molecule has 0 unspecified atom stereocenters. The summed E-state index contributed by atoms with van der Waals surface area (Å²) in [5, 5.41) is 31.7. The predicted octanol–water partition coefficient (Wildman–Crippen LogP) is 5.09. The zero-order valence-electron chi connectivity index (χ0n) is 21.8. The van der Waals surface area contributed by atoms with Crippen LogP contribution in [-0.2, 0) is 10.2 Å². The lowest BCUT2D eigenvalue weighted by Crippen LogP contribution is -2.57. The molecule has 4 aromatic heterocycles. The van der Waals surface area contributed by atoms with Gasteiger partial charge in [0.15, 0.2) is 5.01 Å². The molecule has 1 amide bonds. The lowest BCUT2D eigenvalue weighted by atomic mass is 9.57. The molecule has 0 radical (unpaired) electrons. The summed E-state index contributed by atoms with van der Waals surface area (Å²) in [6.07, 6.45) is 9.49. The minimum atomic E-state index is -0.0385. The Morgan fingerprint density at radius 2 is 1.87 bits per heavy atom. The first-order chi connectivity index (χ1) is 18.3. The second kappa shape index (κ2) is 9.17. The second-order valence-electron chi connectivity index (χ2n) is 11.0.